The predicted molar refractivity (Wildman–Crippen MR) is 66.4 cm³/mol. The van der Waals surface area contributed by atoms with Crippen molar-refractivity contribution >= 4 is 5.91 Å². The van der Waals surface area contributed by atoms with E-state index in [0.717, 1.165) is 39.3 Å². The van der Waals surface area contributed by atoms with Crippen LogP contribution in [-0.4, -0.2) is 62.0 Å². The lowest BCUT2D eigenvalue weighted by molar-refractivity contribution is -0.138. The summed E-state index contributed by atoms with van der Waals surface area (Å²) >= 11 is 0. The Kier molecular flexibility index (Phi) is 4.74. The van der Waals surface area contributed by atoms with E-state index in [1.807, 2.05) is 32.7 Å². The second-order valence-corrected chi connectivity index (χ2v) is 5.57. The number of hydrogen-bond acceptors (Lipinski definition) is 3. The van der Waals surface area contributed by atoms with E-state index in [2.05, 4.69) is 10.2 Å². The van der Waals surface area contributed by atoms with Gasteiger partial charge in [0, 0.05) is 51.7 Å². The molecule has 1 N–H and O–H groups in total. The van der Waals surface area contributed by atoms with Gasteiger partial charge in [-0.2, -0.15) is 0 Å². The van der Waals surface area contributed by atoms with E-state index >= 15 is 0 Å². The molecule has 0 spiro atoms. The van der Waals surface area contributed by atoms with Gasteiger partial charge in [-0.15, -0.1) is 0 Å². The number of nitrogens with one attached hydrogen (secondary N) is 1. The van der Waals surface area contributed by atoms with Crippen molar-refractivity contribution in [2.24, 2.45) is 5.41 Å². The van der Waals surface area contributed by atoms with Gasteiger partial charge in [0.05, 0.1) is 0 Å². The van der Waals surface area contributed by atoms with E-state index in [-0.39, 0.29) is 11.3 Å². The third kappa shape index (κ3) is 4.10. The van der Waals surface area contributed by atoms with Crippen LogP contribution in [-0.2, 0) is 4.79 Å². The molecule has 1 aliphatic rings. The van der Waals surface area contributed by atoms with E-state index in [9.17, 15) is 4.79 Å². The molecule has 0 aromatic heterocycles. The molecule has 0 aromatic rings. The minimum atomic E-state index is -0.266. The largest absolute Gasteiger partial charge is 0.344 e. The molecule has 94 valence electrons. The first-order valence-corrected chi connectivity index (χ1v) is 6.10. The zero-order valence-electron chi connectivity index (χ0n) is 11.0. The second kappa shape index (κ2) is 5.64. The Hall–Kier alpha value is -0.610. The molecule has 1 saturated heterocycles. The summed E-state index contributed by atoms with van der Waals surface area (Å²) in [5.74, 6) is 0.225. The van der Waals surface area contributed by atoms with Gasteiger partial charge in [0.25, 0.3) is 0 Å². The Balaban J connectivity index is 2.28. The molecule has 0 radical (unpaired) electrons. The highest BCUT2D eigenvalue weighted by Crippen LogP contribution is 2.16. The molecule has 1 heterocycles. The number of piperazine rings is 1. The molecule has 1 amide bonds. The van der Waals surface area contributed by atoms with Crippen molar-refractivity contribution in [3.8, 4) is 0 Å². The SMILES string of the molecule is CN(CCN1CCNCC1)C(=O)C(C)(C)C. The average molecular weight is 227 g/mol. The van der Waals surface area contributed by atoms with Crippen LogP contribution in [0.25, 0.3) is 0 Å². The first-order valence-electron chi connectivity index (χ1n) is 6.10. The summed E-state index contributed by atoms with van der Waals surface area (Å²) < 4.78 is 0. The van der Waals surface area contributed by atoms with Crippen LogP contribution in [0.1, 0.15) is 20.8 Å². The fourth-order valence-corrected chi connectivity index (χ4v) is 1.90. The van der Waals surface area contributed by atoms with Crippen LogP contribution in [0, 0.1) is 5.41 Å². The van der Waals surface area contributed by atoms with Gasteiger partial charge in [0.1, 0.15) is 0 Å². The molecular weight excluding hydrogens is 202 g/mol. The summed E-state index contributed by atoms with van der Waals surface area (Å²) in [6.45, 7) is 12.0. The Morgan fingerprint density at radius 3 is 2.38 bits per heavy atom. The monoisotopic (exact) mass is 227 g/mol. The molecular formula is C12H25N3O. The van der Waals surface area contributed by atoms with Crippen LogP contribution < -0.4 is 5.32 Å². The smallest absolute Gasteiger partial charge is 0.227 e. The normalized spacial score (nSPS) is 18.5. The summed E-state index contributed by atoms with van der Waals surface area (Å²) in [4.78, 5) is 16.2. The Morgan fingerprint density at radius 2 is 1.88 bits per heavy atom. The third-order valence-electron chi connectivity index (χ3n) is 2.95. The lowest BCUT2D eigenvalue weighted by Gasteiger charge is -2.31. The van der Waals surface area contributed by atoms with Gasteiger partial charge in [0.2, 0.25) is 5.91 Å². The number of amides is 1. The van der Waals surface area contributed by atoms with Crippen molar-refractivity contribution in [2.75, 3.05) is 46.3 Å². The van der Waals surface area contributed by atoms with Crippen LogP contribution in [0.5, 0.6) is 0 Å². The highest BCUT2D eigenvalue weighted by molar-refractivity contribution is 5.81. The molecule has 0 bridgehead atoms. The van der Waals surface area contributed by atoms with E-state index in [0.29, 0.717) is 0 Å². The van der Waals surface area contributed by atoms with Crippen LogP contribution >= 0.6 is 0 Å². The van der Waals surface area contributed by atoms with Crippen molar-refractivity contribution in [3.05, 3.63) is 0 Å². The summed E-state index contributed by atoms with van der Waals surface area (Å²) in [5, 5.41) is 3.33. The molecule has 0 unspecified atom stereocenters. The maximum atomic E-state index is 11.9. The second-order valence-electron chi connectivity index (χ2n) is 5.57. The molecule has 0 atom stereocenters. The number of likely N-dealkylation sites (N-methyl/N-ethyl adjacent to an activating group) is 1. The topological polar surface area (TPSA) is 35.6 Å². The number of nitrogens with zero attached hydrogens (tertiary/aromatic N) is 2. The Bertz CT molecular complexity index is 229. The van der Waals surface area contributed by atoms with Gasteiger partial charge in [-0.1, -0.05) is 20.8 Å². The number of carbonyl (C=O) groups is 1. The van der Waals surface area contributed by atoms with E-state index in [1.54, 1.807) is 0 Å². The zero-order valence-corrected chi connectivity index (χ0v) is 11.0. The summed E-state index contributed by atoms with van der Waals surface area (Å²) in [6, 6.07) is 0. The van der Waals surface area contributed by atoms with Gasteiger partial charge in [-0.3, -0.25) is 9.69 Å². The highest BCUT2D eigenvalue weighted by atomic mass is 16.2. The summed E-state index contributed by atoms with van der Waals surface area (Å²) in [5.41, 5.74) is -0.266. The van der Waals surface area contributed by atoms with E-state index in [1.165, 1.54) is 0 Å². The fourth-order valence-electron chi connectivity index (χ4n) is 1.90. The standard InChI is InChI=1S/C12H25N3O/c1-12(2,3)11(16)14(4)9-10-15-7-5-13-6-8-15/h13H,5-10H2,1-4H3. The maximum Gasteiger partial charge on any atom is 0.227 e. The van der Waals surface area contributed by atoms with Crippen molar-refractivity contribution in [1.29, 1.82) is 0 Å². The average Bonchev–Trinajstić information content (AvgIpc) is 2.25. The van der Waals surface area contributed by atoms with Crippen molar-refractivity contribution < 1.29 is 4.79 Å². The van der Waals surface area contributed by atoms with Crippen molar-refractivity contribution in [1.82, 2.24) is 15.1 Å². The summed E-state index contributed by atoms with van der Waals surface area (Å²) in [7, 11) is 1.90. The molecule has 0 aromatic carbocycles. The molecule has 1 rings (SSSR count). The molecule has 1 fully saturated rings. The van der Waals surface area contributed by atoms with Gasteiger partial charge in [0.15, 0.2) is 0 Å². The molecule has 0 aliphatic carbocycles. The number of rotatable bonds is 3. The van der Waals surface area contributed by atoms with E-state index in [4.69, 9.17) is 0 Å². The number of hydrogen-bond donors (Lipinski definition) is 1. The van der Waals surface area contributed by atoms with Gasteiger partial charge in [-0.25, -0.2) is 0 Å². The van der Waals surface area contributed by atoms with Crippen LogP contribution in [0.3, 0.4) is 0 Å². The first kappa shape index (κ1) is 13.5. The molecule has 4 heteroatoms. The Morgan fingerprint density at radius 1 is 1.31 bits per heavy atom. The predicted octanol–water partition coefficient (Wildman–Crippen LogP) is 0.396. The van der Waals surface area contributed by atoms with Crippen molar-refractivity contribution in [3.63, 3.8) is 0 Å². The van der Waals surface area contributed by atoms with Crippen LogP contribution in [0.2, 0.25) is 0 Å². The van der Waals surface area contributed by atoms with Crippen LogP contribution in [0.4, 0.5) is 0 Å². The molecule has 1 aliphatic heterocycles. The minimum absolute atomic E-state index is 0.225. The quantitative estimate of drug-likeness (QED) is 0.758. The van der Waals surface area contributed by atoms with Crippen molar-refractivity contribution in [2.45, 2.75) is 20.8 Å². The summed E-state index contributed by atoms with van der Waals surface area (Å²) in [6.07, 6.45) is 0. The van der Waals surface area contributed by atoms with Gasteiger partial charge in [-0.05, 0) is 0 Å². The lowest BCUT2D eigenvalue weighted by Crippen LogP contribution is -2.47. The number of carbonyl (C=O) groups excluding carboxylic acids is 1. The first-order chi connectivity index (χ1) is 7.41. The highest BCUT2D eigenvalue weighted by Gasteiger charge is 2.25. The molecule has 4 nitrogen and oxygen atoms in total. The van der Waals surface area contributed by atoms with Gasteiger partial charge < -0.3 is 10.2 Å². The Labute approximate surface area is 99.0 Å². The molecule has 0 saturated carbocycles. The zero-order chi connectivity index (χ0) is 12.2. The fraction of sp³-hybridized carbons (Fsp3) is 0.917. The van der Waals surface area contributed by atoms with Gasteiger partial charge >= 0.3 is 0 Å². The van der Waals surface area contributed by atoms with E-state index < -0.39 is 0 Å². The lowest BCUT2D eigenvalue weighted by atomic mass is 9.95. The van der Waals surface area contributed by atoms with Crippen LogP contribution in [0.15, 0.2) is 0 Å². The maximum absolute atomic E-state index is 11.9. The molecule has 16 heavy (non-hydrogen) atoms. The minimum Gasteiger partial charge on any atom is -0.344 e. The third-order valence-corrected chi connectivity index (χ3v) is 2.95.